The van der Waals surface area contributed by atoms with E-state index in [1.165, 1.54) is 11.1 Å². The van der Waals surface area contributed by atoms with Crippen LogP contribution in [-0.2, 0) is 27.3 Å². The molecule has 1 aliphatic rings. The summed E-state index contributed by atoms with van der Waals surface area (Å²) in [6.45, 7) is 4.66. The van der Waals surface area contributed by atoms with Crippen molar-refractivity contribution in [2.24, 2.45) is 0 Å². The Bertz CT molecular complexity index is 2050. The number of amides is 5. The molecule has 5 aromatic rings. The van der Waals surface area contributed by atoms with E-state index in [4.69, 9.17) is 0 Å². The Labute approximate surface area is 298 Å². The van der Waals surface area contributed by atoms with Gasteiger partial charge < -0.3 is 35.7 Å². The predicted molar refractivity (Wildman–Crippen MR) is 193 cm³/mol. The van der Waals surface area contributed by atoms with E-state index in [0.717, 1.165) is 44.9 Å². The van der Waals surface area contributed by atoms with Crippen LogP contribution in [0.15, 0.2) is 60.9 Å². The average Bonchev–Trinajstić information content (AvgIpc) is 3.88. The van der Waals surface area contributed by atoms with Crippen molar-refractivity contribution < 1.29 is 24.0 Å². The maximum atomic E-state index is 13.7. The van der Waals surface area contributed by atoms with Crippen LogP contribution in [0.25, 0.3) is 21.9 Å². The molecule has 3 aromatic heterocycles. The maximum Gasteiger partial charge on any atom is 0.266 e. The molecule has 5 amide bonds. The zero-order valence-corrected chi connectivity index (χ0v) is 29.3. The fourth-order valence-corrected chi connectivity index (χ4v) is 6.88. The quantitative estimate of drug-likeness (QED) is 0.190. The zero-order valence-electron chi connectivity index (χ0n) is 28.5. The molecule has 2 bridgehead atoms. The van der Waals surface area contributed by atoms with Crippen molar-refractivity contribution in [1.29, 1.82) is 0 Å². The zero-order chi connectivity index (χ0) is 35.9. The number of H-pyrrole nitrogens is 1. The molecule has 15 heteroatoms. The van der Waals surface area contributed by atoms with Gasteiger partial charge in [-0.15, -0.1) is 0 Å². The van der Waals surface area contributed by atoms with Gasteiger partial charge in [0.15, 0.2) is 0 Å². The number of aromatic nitrogens is 4. The molecule has 0 unspecified atom stereocenters. The van der Waals surface area contributed by atoms with Crippen LogP contribution >= 0.6 is 11.5 Å². The minimum Gasteiger partial charge on any atom is -0.361 e. The molecule has 6 rings (SSSR count). The molecular formula is C36H41N9O5S. The van der Waals surface area contributed by atoms with Crippen LogP contribution in [-0.4, -0.2) is 91.6 Å². The second-order valence-electron chi connectivity index (χ2n) is 12.5. The number of nitrogens with zero attached hydrogens (tertiary/aromatic N) is 4. The van der Waals surface area contributed by atoms with E-state index < -0.39 is 23.9 Å². The molecule has 266 valence electrons. The predicted octanol–water partition coefficient (Wildman–Crippen LogP) is 2.69. The summed E-state index contributed by atoms with van der Waals surface area (Å²) in [7, 11) is 0. The van der Waals surface area contributed by atoms with Crippen LogP contribution in [0.4, 0.5) is 0 Å². The van der Waals surface area contributed by atoms with Gasteiger partial charge in [0.05, 0.1) is 17.6 Å². The number of hydrogen-bond donors (Lipinski definition) is 5. The van der Waals surface area contributed by atoms with Crippen molar-refractivity contribution in [3.05, 3.63) is 82.8 Å². The van der Waals surface area contributed by atoms with E-state index in [1.54, 1.807) is 25.1 Å². The number of nitrogens with one attached hydrogen (secondary N) is 5. The summed E-state index contributed by atoms with van der Waals surface area (Å²) in [4.78, 5) is 76.9. The first-order valence-corrected chi connectivity index (χ1v) is 17.9. The molecule has 2 aromatic carbocycles. The van der Waals surface area contributed by atoms with Crippen molar-refractivity contribution >= 4 is 63.0 Å². The summed E-state index contributed by atoms with van der Waals surface area (Å²) in [6, 6.07) is 12.8. The third kappa shape index (κ3) is 8.26. The van der Waals surface area contributed by atoms with E-state index in [0.29, 0.717) is 36.4 Å². The molecular weight excluding hydrogens is 671 g/mol. The van der Waals surface area contributed by atoms with E-state index in [9.17, 15) is 24.0 Å². The van der Waals surface area contributed by atoms with Crippen molar-refractivity contribution in [2.75, 3.05) is 26.2 Å². The molecule has 51 heavy (non-hydrogen) atoms. The second kappa shape index (κ2) is 16.0. The Morgan fingerprint density at radius 2 is 1.75 bits per heavy atom. The van der Waals surface area contributed by atoms with Gasteiger partial charge >= 0.3 is 0 Å². The molecule has 0 saturated heterocycles. The number of imidazole rings is 1. The Morgan fingerprint density at radius 3 is 2.55 bits per heavy atom. The topological polar surface area (TPSA) is 183 Å². The number of hydrogen-bond acceptors (Lipinski definition) is 8. The number of aryl methyl sites for hydroxylation is 2. The van der Waals surface area contributed by atoms with Crippen LogP contribution in [0.3, 0.4) is 0 Å². The second-order valence-corrected chi connectivity index (χ2v) is 13.4. The van der Waals surface area contributed by atoms with E-state index in [2.05, 4.69) is 35.6 Å². The lowest BCUT2D eigenvalue weighted by atomic mass is 10.0. The van der Waals surface area contributed by atoms with Crippen molar-refractivity contribution in [3.63, 3.8) is 0 Å². The molecule has 0 aliphatic carbocycles. The van der Waals surface area contributed by atoms with Gasteiger partial charge in [-0.3, -0.25) is 24.0 Å². The summed E-state index contributed by atoms with van der Waals surface area (Å²) in [6.07, 6.45) is 4.78. The fraction of sp³-hybridized carbons (Fsp3) is 0.361. The number of benzene rings is 2. The summed E-state index contributed by atoms with van der Waals surface area (Å²) >= 11 is 1.02. The maximum absolute atomic E-state index is 13.7. The van der Waals surface area contributed by atoms with E-state index in [-0.39, 0.29) is 50.2 Å². The molecule has 1 aliphatic heterocycles. The highest BCUT2D eigenvalue weighted by atomic mass is 32.1. The standard InChI is InChI=1S/C36H41N9O5S/c1-3-26-35(49)43-29(18-24-20-39-27-9-5-4-8-25(24)27)34(48)38-14-7-17-45-22(2)41-28-11-10-23(19-30(28)45)33(47)37-13-6-16-44(21-32(46)42-26)36(50)31-12-15-40-51-31/h4-5,8-12,15,19-20,26,29,39H,3,6-7,13-14,16-18,21H2,1-2H3,(H,37,47)(H,38,48)(H,42,46)(H,43,49)/t26-,29+/m0/s1. The van der Waals surface area contributed by atoms with Gasteiger partial charge in [0.2, 0.25) is 17.7 Å². The fourth-order valence-electron chi connectivity index (χ4n) is 6.32. The molecule has 0 fully saturated rings. The first kappa shape index (κ1) is 35.3. The van der Waals surface area contributed by atoms with Gasteiger partial charge in [0.25, 0.3) is 11.8 Å². The molecule has 5 N–H and O–H groups in total. The summed E-state index contributed by atoms with van der Waals surface area (Å²) in [5.41, 5.74) is 3.80. The van der Waals surface area contributed by atoms with Gasteiger partial charge in [-0.2, -0.15) is 0 Å². The van der Waals surface area contributed by atoms with Gasteiger partial charge in [-0.25, -0.2) is 9.36 Å². The minimum atomic E-state index is -0.950. The Hall–Kier alpha value is -5.57. The lowest BCUT2D eigenvalue weighted by Gasteiger charge is -2.25. The summed E-state index contributed by atoms with van der Waals surface area (Å²) in [5.74, 6) is -1.26. The first-order valence-electron chi connectivity index (χ1n) is 17.1. The highest BCUT2D eigenvalue weighted by Gasteiger charge is 2.28. The third-order valence-corrected chi connectivity index (χ3v) is 9.75. The number of rotatable bonds is 4. The number of para-hydroxylation sites is 1. The third-order valence-electron chi connectivity index (χ3n) is 9.01. The molecule has 14 nitrogen and oxygen atoms in total. The highest BCUT2D eigenvalue weighted by Crippen LogP contribution is 2.21. The summed E-state index contributed by atoms with van der Waals surface area (Å²) < 4.78 is 6.04. The molecule has 0 spiro atoms. The average molecular weight is 712 g/mol. The van der Waals surface area contributed by atoms with Crippen LogP contribution in [0, 0.1) is 6.92 Å². The van der Waals surface area contributed by atoms with Crippen LogP contribution in [0.1, 0.15) is 57.6 Å². The normalized spacial score (nSPS) is 18.8. The van der Waals surface area contributed by atoms with E-state index in [1.807, 2.05) is 48.0 Å². The van der Waals surface area contributed by atoms with Gasteiger partial charge in [0.1, 0.15) is 22.8 Å². The Balaban J connectivity index is 1.27. The van der Waals surface area contributed by atoms with Crippen molar-refractivity contribution in [1.82, 2.24) is 45.1 Å². The van der Waals surface area contributed by atoms with E-state index >= 15 is 0 Å². The van der Waals surface area contributed by atoms with Gasteiger partial charge in [0, 0.05) is 61.5 Å². The number of aromatic amines is 1. The molecule has 2 atom stereocenters. The SMILES string of the molecule is CC[C@@H]1NC(=O)CN(C(=O)c2ccns2)CCCNC(=O)c2ccc3nc(C)n(c3c2)CCCNC(=O)[C@@H](Cc2c[nH]c3ccccc23)NC1=O. The van der Waals surface area contributed by atoms with Crippen molar-refractivity contribution in [3.8, 4) is 0 Å². The molecule has 0 radical (unpaired) electrons. The Morgan fingerprint density at radius 1 is 0.941 bits per heavy atom. The first-order chi connectivity index (χ1) is 24.7. The smallest absolute Gasteiger partial charge is 0.266 e. The number of fused-ring (bicyclic) bond motifs is 2. The summed E-state index contributed by atoms with van der Waals surface area (Å²) in [5, 5.41) is 12.5. The lowest BCUT2D eigenvalue weighted by Crippen LogP contribution is -2.55. The van der Waals surface area contributed by atoms with Crippen LogP contribution < -0.4 is 21.3 Å². The van der Waals surface area contributed by atoms with Gasteiger partial charge in [-0.1, -0.05) is 25.1 Å². The largest absolute Gasteiger partial charge is 0.361 e. The Kier molecular flexibility index (Phi) is 11.0. The lowest BCUT2D eigenvalue weighted by molar-refractivity contribution is -0.132. The van der Waals surface area contributed by atoms with Crippen LogP contribution in [0.2, 0.25) is 0 Å². The molecule has 4 heterocycles. The molecule has 0 saturated carbocycles. The van der Waals surface area contributed by atoms with Crippen LogP contribution in [0.5, 0.6) is 0 Å². The van der Waals surface area contributed by atoms with Crippen molar-refractivity contribution in [2.45, 2.75) is 58.2 Å². The minimum absolute atomic E-state index is 0.172. The number of carbonyl (C=O) groups excluding carboxylic acids is 5. The highest BCUT2D eigenvalue weighted by molar-refractivity contribution is 7.08. The van der Waals surface area contributed by atoms with Gasteiger partial charge in [-0.05, 0) is 73.6 Å². The number of carbonyl (C=O) groups is 5. The monoisotopic (exact) mass is 711 g/mol.